The fraction of sp³-hybridized carbons (Fsp3) is 0.294. The summed E-state index contributed by atoms with van der Waals surface area (Å²) in [4.78, 5) is 17.1. The molecule has 0 atom stereocenters. The van der Waals surface area contributed by atoms with Crippen LogP contribution in [-0.2, 0) is 6.54 Å². The summed E-state index contributed by atoms with van der Waals surface area (Å²) in [5.74, 6) is 1.18. The van der Waals surface area contributed by atoms with Gasteiger partial charge in [0, 0.05) is 17.8 Å². The minimum absolute atomic E-state index is 0.0799. The molecular weight excluding hydrogens is 281 g/mol. The maximum atomic E-state index is 13.3. The SMILES string of the molecule is Cc1cn2c(C3CC3)ncc2c(=O)n1Cc1cccc(F)c1. The second-order valence-electron chi connectivity index (χ2n) is 5.94. The lowest BCUT2D eigenvalue weighted by Gasteiger charge is -2.12. The molecule has 0 saturated heterocycles. The fourth-order valence-corrected chi connectivity index (χ4v) is 2.88. The van der Waals surface area contributed by atoms with E-state index in [1.807, 2.05) is 23.6 Å². The number of hydrogen-bond donors (Lipinski definition) is 0. The molecule has 2 aromatic heterocycles. The summed E-state index contributed by atoms with van der Waals surface area (Å²) in [6.45, 7) is 2.26. The van der Waals surface area contributed by atoms with E-state index in [1.165, 1.54) is 12.1 Å². The molecule has 3 aromatic rings. The number of hydrogen-bond acceptors (Lipinski definition) is 2. The van der Waals surface area contributed by atoms with Crippen molar-refractivity contribution in [1.29, 1.82) is 0 Å². The van der Waals surface area contributed by atoms with Gasteiger partial charge in [-0.3, -0.25) is 9.20 Å². The molecule has 2 heterocycles. The van der Waals surface area contributed by atoms with Gasteiger partial charge in [-0.15, -0.1) is 0 Å². The van der Waals surface area contributed by atoms with Crippen molar-refractivity contribution in [2.45, 2.75) is 32.2 Å². The van der Waals surface area contributed by atoms with Crippen LogP contribution in [0.4, 0.5) is 4.39 Å². The lowest BCUT2D eigenvalue weighted by atomic mass is 10.2. The number of rotatable bonds is 3. The van der Waals surface area contributed by atoms with Crippen molar-refractivity contribution in [2.75, 3.05) is 0 Å². The van der Waals surface area contributed by atoms with Gasteiger partial charge < -0.3 is 4.57 Å². The predicted octanol–water partition coefficient (Wildman–Crippen LogP) is 2.87. The number of imidazole rings is 1. The first-order valence-corrected chi connectivity index (χ1v) is 7.45. The van der Waals surface area contributed by atoms with E-state index in [1.54, 1.807) is 16.8 Å². The zero-order valence-electron chi connectivity index (χ0n) is 12.3. The van der Waals surface area contributed by atoms with Crippen LogP contribution in [0.5, 0.6) is 0 Å². The van der Waals surface area contributed by atoms with Crippen LogP contribution in [0.2, 0.25) is 0 Å². The third kappa shape index (κ3) is 2.13. The van der Waals surface area contributed by atoms with E-state index >= 15 is 0 Å². The molecular formula is C17H16FN3O. The molecule has 0 spiro atoms. The molecule has 112 valence electrons. The summed E-state index contributed by atoms with van der Waals surface area (Å²) < 4.78 is 16.9. The second kappa shape index (κ2) is 4.80. The van der Waals surface area contributed by atoms with Crippen LogP contribution in [-0.4, -0.2) is 14.0 Å². The van der Waals surface area contributed by atoms with Crippen LogP contribution >= 0.6 is 0 Å². The highest BCUT2D eigenvalue weighted by molar-refractivity contribution is 5.45. The summed E-state index contributed by atoms with van der Waals surface area (Å²) >= 11 is 0. The van der Waals surface area contributed by atoms with Crippen molar-refractivity contribution in [3.8, 4) is 0 Å². The van der Waals surface area contributed by atoms with Crippen LogP contribution in [0, 0.1) is 12.7 Å². The molecule has 5 heteroatoms. The van der Waals surface area contributed by atoms with E-state index in [-0.39, 0.29) is 11.4 Å². The second-order valence-corrected chi connectivity index (χ2v) is 5.94. The maximum absolute atomic E-state index is 13.3. The Kier molecular flexibility index (Phi) is 2.89. The lowest BCUT2D eigenvalue weighted by Crippen LogP contribution is -2.25. The molecule has 0 bridgehead atoms. The number of fused-ring (bicyclic) bond motifs is 1. The van der Waals surface area contributed by atoms with Crippen LogP contribution in [0.15, 0.2) is 41.5 Å². The molecule has 0 amide bonds. The Hall–Kier alpha value is -2.43. The van der Waals surface area contributed by atoms with Gasteiger partial charge in [0.25, 0.3) is 5.56 Å². The smallest absolute Gasteiger partial charge is 0.276 e. The van der Waals surface area contributed by atoms with E-state index in [2.05, 4.69) is 4.98 Å². The average molecular weight is 297 g/mol. The van der Waals surface area contributed by atoms with E-state index in [0.29, 0.717) is 18.0 Å². The highest BCUT2D eigenvalue weighted by atomic mass is 19.1. The molecule has 0 radical (unpaired) electrons. The van der Waals surface area contributed by atoms with Crippen LogP contribution < -0.4 is 5.56 Å². The van der Waals surface area contributed by atoms with Crippen molar-refractivity contribution in [2.24, 2.45) is 0 Å². The number of aryl methyl sites for hydroxylation is 1. The lowest BCUT2D eigenvalue weighted by molar-refractivity contribution is 0.621. The minimum Gasteiger partial charge on any atom is -0.305 e. The Balaban J connectivity index is 1.82. The molecule has 0 aliphatic heterocycles. The standard InChI is InChI=1S/C17H16FN3O/c1-11-9-21-15(8-19-16(21)13-5-6-13)17(22)20(11)10-12-3-2-4-14(18)7-12/h2-4,7-9,13H,5-6,10H2,1H3. The third-order valence-corrected chi connectivity index (χ3v) is 4.20. The van der Waals surface area contributed by atoms with Gasteiger partial charge >= 0.3 is 0 Å². The van der Waals surface area contributed by atoms with Gasteiger partial charge in [-0.2, -0.15) is 0 Å². The molecule has 4 nitrogen and oxygen atoms in total. The maximum Gasteiger partial charge on any atom is 0.276 e. The first-order valence-electron chi connectivity index (χ1n) is 7.45. The van der Waals surface area contributed by atoms with Crippen molar-refractivity contribution >= 4 is 5.52 Å². The van der Waals surface area contributed by atoms with Crippen molar-refractivity contribution in [3.63, 3.8) is 0 Å². The molecule has 0 N–H and O–H groups in total. The summed E-state index contributed by atoms with van der Waals surface area (Å²) in [6.07, 6.45) is 5.89. The van der Waals surface area contributed by atoms with E-state index in [9.17, 15) is 9.18 Å². The van der Waals surface area contributed by atoms with Crippen molar-refractivity contribution < 1.29 is 4.39 Å². The van der Waals surface area contributed by atoms with Crippen molar-refractivity contribution in [1.82, 2.24) is 14.0 Å². The fourth-order valence-electron chi connectivity index (χ4n) is 2.88. The first kappa shape index (κ1) is 13.2. The Morgan fingerprint density at radius 3 is 2.91 bits per heavy atom. The van der Waals surface area contributed by atoms with E-state index < -0.39 is 0 Å². The van der Waals surface area contributed by atoms with Gasteiger partial charge in [0.15, 0.2) is 0 Å². The quantitative estimate of drug-likeness (QED) is 0.745. The Bertz CT molecular complexity index is 921. The number of halogens is 1. The summed E-state index contributed by atoms with van der Waals surface area (Å²) in [5, 5.41) is 0. The van der Waals surface area contributed by atoms with Crippen LogP contribution in [0.25, 0.3) is 5.52 Å². The average Bonchev–Trinajstić information content (AvgIpc) is 3.24. The van der Waals surface area contributed by atoms with Gasteiger partial charge in [-0.25, -0.2) is 9.37 Å². The number of benzene rings is 1. The van der Waals surface area contributed by atoms with Gasteiger partial charge in [-0.1, -0.05) is 12.1 Å². The molecule has 1 aromatic carbocycles. The first-order chi connectivity index (χ1) is 10.6. The van der Waals surface area contributed by atoms with Gasteiger partial charge in [0.2, 0.25) is 0 Å². The highest BCUT2D eigenvalue weighted by Gasteiger charge is 2.28. The van der Waals surface area contributed by atoms with Gasteiger partial charge in [0.05, 0.1) is 12.7 Å². The Morgan fingerprint density at radius 1 is 1.36 bits per heavy atom. The highest BCUT2D eigenvalue weighted by Crippen LogP contribution is 2.39. The summed E-state index contributed by atoms with van der Waals surface area (Å²) in [5.41, 5.74) is 2.13. The normalized spacial score (nSPS) is 14.6. The summed E-state index contributed by atoms with van der Waals surface area (Å²) in [7, 11) is 0. The Morgan fingerprint density at radius 2 is 2.18 bits per heavy atom. The third-order valence-electron chi connectivity index (χ3n) is 4.20. The number of nitrogens with zero attached hydrogens (tertiary/aromatic N) is 3. The van der Waals surface area contributed by atoms with E-state index in [0.717, 1.165) is 29.9 Å². The van der Waals surface area contributed by atoms with Crippen LogP contribution in [0.3, 0.4) is 0 Å². The molecule has 0 unspecified atom stereocenters. The molecule has 1 fully saturated rings. The van der Waals surface area contributed by atoms with Crippen LogP contribution in [0.1, 0.15) is 35.8 Å². The predicted molar refractivity (Wildman–Crippen MR) is 81.7 cm³/mol. The summed E-state index contributed by atoms with van der Waals surface area (Å²) in [6, 6.07) is 6.35. The molecule has 4 rings (SSSR count). The molecule has 1 aliphatic carbocycles. The van der Waals surface area contributed by atoms with Gasteiger partial charge in [0.1, 0.15) is 17.2 Å². The zero-order chi connectivity index (χ0) is 15.3. The topological polar surface area (TPSA) is 39.3 Å². The zero-order valence-corrected chi connectivity index (χ0v) is 12.3. The largest absolute Gasteiger partial charge is 0.305 e. The molecule has 1 saturated carbocycles. The van der Waals surface area contributed by atoms with Crippen molar-refractivity contribution in [3.05, 3.63) is 69.9 Å². The van der Waals surface area contributed by atoms with E-state index in [4.69, 9.17) is 0 Å². The van der Waals surface area contributed by atoms with Gasteiger partial charge in [-0.05, 0) is 37.5 Å². The molecule has 1 aliphatic rings. The minimum atomic E-state index is -0.287. The monoisotopic (exact) mass is 297 g/mol. The Labute approximate surface area is 126 Å². The molecule has 22 heavy (non-hydrogen) atoms. The number of aromatic nitrogens is 3.